The van der Waals surface area contributed by atoms with Crippen LogP contribution in [-0.2, 0) is 14.3 Å². The summed E-state index contributed by atoms with van der Waals surface area (Å²) >= 11 is 0. The van der Waals surface area contributed by atoms with E-state index in [0.29, 0.717) is 12.8 Å². The lowest BCUT2D eigenvalue weighted by Crippen LogP contribution is -2.63. The lowest BCUT2D eigenvalue weighted by Gasteiger charge is -2.48. The van der Waals surface area contributed by atoms with Crippen LogP contribution in [0.25, 0.3) is 11.1 Å². The Morgan fingerprint density at radius 3 is 2.26 bits per heavy atom. The quantitative estimate of drug-likeness (QED) is 0.644. The molecular weight excluding hydrogens is 444 g/mol. The number of amides is 2. The number of benzene rings is 2. The Morgan fingerprint density at radius 2 is 1.66 bits per heavy atom. The number of alkyl carbamates (subject to hydrolysis) is 1. The number of likely N-dealkylation sites (tertiary alicyclic amines) is 1. The molecule has 35 heavy (non-hydrogen) atoms. The Kier molecular flexibility index (Phi) is 6.26. The van der Waals surface area contributed by atoms with Gasteiger partial charge in [0.15, 0.2) is 0 Å². The molecule has 184 valence electrons. The number of hydrogen-bond acceptors (Lipinski definition) is 4. The highest BCUT2D eigenvalue weighted by Crippen LogP contribution is 2.44. The van der Waals surface area contributed by atoms with Crippen molar-refractivity contribution in [2.24, 2.45) is 11.3 Å². The van der Waals surface area contributed by atoms with Crippen molar-refractivity contribution in [3.63, 3.8) is 0 Å². The average molecular weight is 477 g/mol. The number of carboxylic acids is 1. The topological polar surface area (TPSA) is 95.9 Å². The standard InChI is InChI=1S/C28H32N2O5/c1-2-28(26(32)33)16-30(17-28)25(31)18-8-7-9-19(14-18)29-27(34)35-15-24-22-12-5-3-10-20(22)21-11-4-6-13-23(21)24/h3-6,10-13,18-19,24H,2,7-9,14-17H2,1H3,(H,29,34)(H,32,33)/t18-,19-/m1/s1. The minimum Gasteiger partial charge on any atom is -0.481 e. The second kappa shape index (κ2) is 9.36. The van der Waals surface area contributed by atoms with Gasteiger partial charge in [-0.05, 0) is 47.9 Å². The van der Waals surface area contributed by atoms with Crippen LogP contribution < -0.4 is 5.32 Å². The predicted molar refractivity (Wildman–Crippen MR) is 131 cm³/mol. The third-order valence-electron chi connectivity index (χ3n) is 8.12. The molecule has 1 saturated heterocycles. The van der Waals surface area contributed by atoms with E-state index < -0.39 is 17.5 Å². The highest BCUT2D eigenvalue weighted by Gasteiger charge is 2.51. The second-order valence-electron chi connectivity index (χ2n) is 10.2. The molecule has 0 aromatic heterocycles. The smallest absolute Gasteiger partial charge is 0.407 e. The summed E-state index contributed by atoms with van der Waals surface area (Å²) in [4.78, 5) is 38.8. The minimum atomic E-state index is -0.831. The van der Waals surface area contributed by atoms with Crippen LogP contribution in [0.5, 0.6) is 0 Å². The lowest BCUT2D eigenvalue weighted by molar-refractivity contribution is -0.168. The van der Waals surface area contributed by atoms with Gasteiger partial charge in [0.05, 0.1) is 0 Å². The Balaban J connectivity index is 1.15. The number of nitrogens with one attached hydrogen (secondary N) is 1. The van der Waals surface area contributed by atoms with Crippen molar-refractivity contribution in [3.8, 4) is 11.1 Å². The van der Waals surface area contributed by atoms with E-state index in [4.69, 9.17) is 4.74 Å². The van der Waals surface area contributed by atoms with Gasteiger partial charge in [-0.2, -0.15) is 0 Å². The molecule has 0 unspecified atom stereocenters. The van der Waals surface area contributed by atoms with Gasteiger partial charge in [-0.15, -0.1) is 0 Å². The summed E-state index contributed by atoms with van der Waals surface area (Å²) in [7, 11) is 0. The van der Waals surface area contributed by atoms with Crippen molar-refractivity contribution in [1.29, 1.82) is 0 Å². The number of carbonyl (C=O) groups excluding carboxylic acids is 2. The van der Waals surface area contributed by atoms with Crippen LogP contribution in [0, 0.1) is 11.3 Å². The van der Waals surface area contributed by atoms with Crippen LogP contribution >= 0.6 is 0 Å². The summed E-state index contributed by atoms with van der Waals surface area (Å²) in [6, 6.07) is 16.3. The van der Waals surface area contributed by atoms with Gasteiger partial charge in [0.2, 0.25) is 5.91 Å². The summed E-state index contributed by atoms with van der Waals surface area (Å²) in [5.74, 6) is -1.00. The summed E-state index contributed by atoms with van der Waals surface area (Å²) in [5.41, 5.74) is 3.91. The molecule has 0 spiro atoms. The van der Waals surface area contributed by atoms with Gasteiger partial charge < -0.3 is 20.1 Å². The van der Waals surface area contributed by atoms with Gasteiger partial charge in [0.1, 0.15) is 12.0 Å². The summed E-state index contributed by atoms with van der Waals surface area (Å²) in [6.45, 7) is 2.67. The van der Waals surface area contributed by atoms with Crippen LogP contribution in [0.1, 0.15) is 56.1 Å². The van der Waals surface area contributed by atoms with Crippen LogP contribution in [0.2, 0.25) is 0 Å². The highest BCUT2D eigenvalue weighted by molar-refractivity contribution is 5.85. The van der Waals surface area contributed by atoms with Crippen LogP contribution in [-0.4, -0.2) is 53.7 Å². The number of aliphatic carboxylic acids is 1. The molecule has 2 atom stereocenters. The first-order valence-corrected chi connectivity index (χ1v) is 12.6. The molecular formula is C28H32N2O5. The van der Waals surface area contributed by atoms with E-state index in [1.807, 2.05) is 31.2 Å². The van der Waals surface area contributed by atoms with E-state index in [1.54, 1.807) is 4.90 Å². The first-order valence-electron chi connectivity index (χ1n) is 12.6. The normalized spacial score (nSPS) is 22.5. The van der Waals surface area contributed by atoms with E-state index in [0.717, 1.165) is 19.3 Å². The van der Waals surface area contributed by atoms with Crippen molar-refractivity contribution in [2.45, 2.75) is 51.0 Å². The number of ether oxygens (including phenoxy) is 1. The maximum Gasteiger partial charge on any atom is 0.407 e. The molecule has 2 amide bonds. The fraction of sp³-hybridized carbons (Fsp3) is 0.464. The van der Waals surface area contributed by atoms with Crippen molar-refractivity contribution in [1.82, 2.24) is 10.2 Å². The Morgan fingerprint density at radius 1 is 1.03 bits per heavy atom. The van der Waals surface area contributed by atoms with Crippen molar-refractivity contribution < 1.29 is 24.2 Å². The lowest BCUT2D eigenvalue weighted by atomic mass is 9.75. The number of rotatable bonds is 6. The second-order valence-corrected chi connectivity index (χ2v) is 10.2. The maximum absolute atomic E-state index is 13.0. The average Bonchev–Trinajstić information content (AvgIpc) is 3.16. The van der Waals surface area contributed by atoms with Crippen LogP contribution in [0.15, 0.2) is 48.5 Å². The third-order valence-corrected chi connectivity index (χ3v) is 8.12. The largest absolute Gasteiger partial charge is 0.481 e. The Labute approximate surface area is 205 Å². The molecule has 0 bridgehead atoms. The molecule has 1 saturated carbocycles. The number of carboxylic acid groups (broad SMARTS) is 1. The van der Waals surface area contributed by atoms with E-state index in [9.17, 15) is 19.5 Å². The first-order chi connectivity index (χ1) is 16.9. The Bertz CT molecular complexity index is 1090. The molecule has 2 fully saturated rings. The number of carbonyl (C=O) groups is 3. The maximum atomic E-state index is 13.0. The van der Waals surface area contributed by atoms with E-state index >= 15 is 0 Å². The van der Waals surface area contributed by atoms with E-state index in [-0.39, 0.29) is 43.5 Å². The fourth-order valence-electron chi connectivity index (χ4n) is 5.96. The Hall–Kier alpha value is -3.35. The zero-order chi connectivity index (χ0) is 24.6. The summed E-state index contributed by atoms with van der Waals surface area (Å²) in [6.07, 6.45) is 3.04. The zero-order valence-electron chi connectivity index (χ0n) is 20.0. The summed E-state index contributed by atoms with van der Waals surface area (Å²) in [5, 5.41) is 12.4. The molecule has 2 aromatic rings. The van der Waals surface area contributed by atoms with Gasteiger partial charge in [0, 0.05) is 31.0 Å². The molecule has 1 aliphatic heterocycles. The van der Waals surface area contributed by atoms with E-state index in [2.05, 4.69) is 29.6 Å². The first kappa shape index (κ1) is 23.4. The fourth-order valence-corrected chi connectivity index (χ4v) is 5.96. The van der Waals surface area contributed by atoms with Gasteiger partial charge in [-0.1, -0.05) is 61.9 Å². The zero-order valence-corrected chi connectivity index (χ0v) is 20.0. The number of fused-ring (bicyclic) bond motifs is 3. The van der Waals surface area contributed by atoms with Gasteiger partial charge in [0.25, 0.3) is 0 Å². The molecule has 7 heteroatoms. The van der Waals surface area contributed by atoms with E-state index in [1.165, 1.54) is 22.3 Å². The van der Waals surface area contributed by atoms with Crippen LogP contribution in [0.4, 0.5) is 4.79 Å². The molecule has 1 heterocycles. The minimum absolute atomic E-state index is 0.00770. The SMILES string of the molecule is CCC1(C(=O)O)CN(C(=O)[C@@H]2CCC[C@@H](NC(=O)OCC3c4ccccc4-c4ccccc43)C2)C1. The molecule has 3 aliphatic rings. The molecule has 7 nitrogen and oxygen atoms in total. The molecule has 2 N–H and O–H groups in total. The van der Waals surface area contributed by atoms with Crippen molar-refractivity contribution >= 4 is 18.0 Å². The van der Waals surface area contributed by atoms with Gasteiger partial charge in [-0.25, -0.2) is 4.79 Å². The molecule has 0 radical (unpaired) electrons. The van der Waals surface area contributed by atoms with Crippen LogP contribution in [0.3, 0.4) is 0 Å². The highest BCUT2D eigenvalue weighted by atomic mass is 16.5. The number of hydrogen-bond donors (Lipinski definition) is 2. The third kappa shape index (κ3) is 4.28. The van der Waals surface area contributed by atoms with Crippen molar-refractivity contribution in [2.75, 3.05) is 19.7 Å². The number of nitrogens with zero attached hydrogens (tertiary/aromatic N) is 1. The van der Waals surface area contributed by atoms with Gasteiger partial charge in [-0.3, -0.25) is 9.59 Å². The predicted octanol–water partition coefficient (Wildman–Crippen LogP) is 4.41. The molecule has 2 aromatic carbocycles. The summed E-state index contributed by atoms with van der Waals surface area (Å²) < 4.78 is 5.68. The molecule has 5 rings (SSSR count). The monoisotopic (exact) mass is 476 g/mol. The van der Waals surface area contributed by atoms with Crippen molar-refractivity contribution in [3.05, 3.63) is 59.7 Å². The molecule has 2 aliphatic carbocycles. The van der Waals surface area contributed by atoms with Gasteiger partial charge >= 0.3 is 12.1 Å².